The molecular formula is C23H24F4N4O4S. The zero-order valence-corrected chi connectivity index (χ0v) is 19.7. The number of aliphatic hydroxyl groups is 1. The summed E-state index contributed by atoms with van der Waals surface area (Å²) in [7, 11) is 0. The first-order chi connectivity index (χ1) is 17.1. The molecule has 1 aliphatic heterocycles. The molecule has 0 radical (unpaired) electrons. The molecule has 1 fully saturated rings. The van der Waals surface area contributed by atoms with Crippen molar-refractivity contribution >= 4 is 41.0 Å². The van der Waals surface area contributed by atoms with Gasteiger partial charge in [0, 0.05) is 24.3 Å². The highest BCUT2D eigenvalue weighted by Gasteiger charge is 2.33. The number of halogens is 4. The predicted octanol–water partition coefficient (Wildman–Crippen LogP) is 3.28. The topological polar surface area (TPSA) is 117 Å². The van der Waals surface area contributed by atoms with Crippen LogP contribution in [0.5, 0.6) is 0 Å². The van der Waals surface area contributed by atoms with E-state index in [1.807, 2.05) is 0 Å². The van der Waals surface area contributed by atoms with Crippen LogP contribution in [-0.4, -0.2) is 54.3 Å². The number of carbonyl (C=O) groups is 2. The Morgan fingerprint density at radius 2 is 2.00 bits per heavy atom. The van der Waals surface area contributed by atoms with Crippen LogP contribution >= 0.6 is 12.2 Å². The molecular weight excluding hydrogens is 504 g/mol. The van der Waals surface area contributed by atoms with Gasteiger partial charge in [0.2, 0.25) is 0 Å². The van der Waals surface area contributed by atoms with Gasteiger partial charge in [-0.15, -0.1) is 0 Å². The highest BCUT2D eigenvalue weighted by atomic mass is 32.1. The molecule has 194 valence electrons. The van der Waals surface area contributed by atoms with E-state index in [4.69, 9.17) is 10.5 Å². The molecule has 1 aliphatic carbocycles. The number of amides is 1. The summed E-state index contributed by atoms with van der Waals surface area (Å²) in [5, 5.41) is 14.2. The van der Waals surface area contributed by atoms with Crippen molar-refractivity contribution < 1.29 is 37.0 Å². The smallest absolute Gasteiger partial charge is 0.414 e. The second-order valence-electron chi connectivity index (χ2n) is 8.13. The summed E-state index contributed by atoms with van der Waals surface area (Å²) in [5.41, 5.74) is 6.14. The summed E-state index contributed by atoms with van der Waals surface area (Å²) in [5.74, 6) is -2.01. The first-order valence-corrected chi connectivity index (χ1v) is 11.3. The number of thiocarbonyl (C=S) groups is 1. The van der Waals surface area contributed by atoms with Crippen LogP contribution in [0.1, 0.15) is 19.3 Å². The molecule has 0 saturated carbocycles. The number of aldehydes is 1. The molecule has 1 aromatic carbocycles. The summed E-state index contributed by atoms with van der Waals surface area (Å²) in [6, 6.07) is 1.87. The standard InChI is InChI=1S/C23H24F4N4O4S/c24-17-7-15(31-10-16(35-23(31)34)9-29-22(36)21(26)27)8-18(25)20(17)30-14-3-1-12(2-4-19(28)33)5-13(6-14)11-32/h1,3,5,7-8,11,16,19,21,30,33H,2,4,6,9-10,28H2,(H,29,36)/t16-,19?/m0/s1. The van der Waals surface area contributed by atoms with Crippen molar-refractivity contribution in [2.75, 3.05) is 23.3 Å². The molecule has 36 heavy (non-hydrogen) atoms. The number of nitrogens with two attached hydrogens (primary N) is 1. The number of anilines is 2. The van der Waals surface area contributed by atoms with Gasteiger partial charge < -0.3 is 26.2 Å². The van der Waals surface area contributed by atoms with Crippen LogP contribution in [-0.2, 0) is 9.53 Å². The maximum atomic E-state index is 14.9. The fraction of sp³-hybridized carbons (Fsp3) is 0.348. The van der Waals surface area contributed by atoms with Gasteiger partial charge in [0.25, 0.3) is 6.43 Å². The third-order valence-electron chi connectivity index (χ3n) is 5.34. The maximum Gasteiger partial charge on any atom is 0.414 e. The Morgan fingerprint density at radius 3 is 2.61 bits per heavy atom. The Hall–Kier alpha value is -3.29. The quantitative estimate of drug-likeness (QED) is 0.158. The van der Waals surface area contributed by atoms with Crippen molar-refractivity contribution in [3.63, 3.8) is 0 Å². The Morgan fingerprint density at radius 1 is 1.31 bits per heavy atom. The monoisotopic (exact) mass is 528 g/mol. The van der Waals surface area contributed by atoms with Crippen molar-refractivity contribution in [2.45, 2.75) is 38.0 Å². The molecule has 0 aromatic heterocycles. The van der Waals surface area contributed by atoms with Gasteiger partial charge in [0.15, 0.2) is 11.6 Å². The summed E-state index contributed by atoms with van der Waals surface area (Å²) in [4.78, 5) is 23.9. The average Bonchev–Trinajstić information content (AvgIpc) is 3.07. The molecule has 2 atom stereocenters. The summed E-state index contributed by atoms with van der Waals surface area (Å²) in [6.45, 7) is -0.316. The molecule has 0 bridgehead atoms. The van der Waals surface area contributed by atoms with E-state index in [-0.39, 0.29) is 31.6 Å². The third-order valence-corrected chi connectivity index (χ3v) is 5.67. The van der Waals surface area contributed by atoms with Crippen molar-refractivity contribution in [3.8, 4) is 0 Å². The van der Waals surface area contributed by atoms with Gasteiger partial charge in [-0.1, -0.05) is 24.4 Å². The average molecular weight is 529 g/mol. The summed E-state index contributed by atoms with van der Waals surface area (Å²) in [6.07, 6.45) is 0.577. The van der Waals surface area contributed by atoms with Crippen molar-refractivity contribution in [3.05, 3.63) is 58.8 Å². The second kappa shape index (κ2) is 12.1. The largest absolute Gasteiger partial charge is 0.442 e. The lowest BCUT2D eigenvalue weighted by Crippen LogP contribution is -2.36. The Kier molecular flexibility index (Phi) is 9.18. The number of nitrogens with one attached hydrogen (secondary N) is 2. The van der Waals surface area contributed by atoms with Gasteiger partial charge in [0.1, 0.15) is 29.3 Å². The Labute approximate surface area is 209 Å². The van der Waals surface area contributed by atoms with E-state index in [1.165, 1.54) is 0 Å². The lowest BCUT2D eigenvalue weighted by Gasteiger charge is -2.17. The zero-order valence-electron chi connectivity index (χ0n) is 18.8. The summed E-state index contributed by atoms with van der Waals surface area (Å²) < 4.78 is 59.9. The number of carbonyl (C=O) groups excluding carboxylic acids is 2. The number of hydrogen-bond acceptors (Lipinski definition) is 7. The van der Waals surface area contributed by atoms with Crippen LogP contribution in [0.15, 0.2) is 47.2 Å². The van der Waals surface area contributed by atoms with E-state index < -0.39 is 47.2 Å². The SMILES string of the molecule is NC(O)CCC1=CC=C(Nc2c(F)cc(N3C[C@H](CNC(=S)C(F)F)OC3=O)cc2F)CC(C=O)=C1. The fourth-order valence-electron chi connectivity index (χ4n) is 3.58. The maximum absolute atomic E-state index is 14.9. The number of rotatable bonds is 10. The lowest BCUT2D eigenvalue weighted by atomic mass is 10.1. The molecule has 3 rings (SSSR count). The van der Waals surface area contributed by atoms with Gasteiger partial charge in [0.05, 0.1) is 18.8 Å². The number of aliphatic hydroxyl groups excluding tert-OH is 1. The van der Waals surface area contributed by atoms with E-state index in [9.17, 15) is 32.3 Å². The summed E-state index contributed by atoms with van der Waals surface area (Å²) >= 11 is 4.47. The molecule has 8 nitrogen and oxygen atoms in total. The van der Waals surface area contributed by atoms with E-state index in [0.29, 0.717) is 29.6 Å². The second-order valence-corrected chi connectivity index (χ2v) is 8.56. The van der Waals surface area contributed by atoms with Crippen LogP contribution in [0, 0.1) is 11.6 Å². The minimum absolute atomic E-state index is 0.0723. The van der Waals surface area contributed by atoms with E-state index in [1.54, 1.807) is 18.2 Å². The van der Waals surface area contributed by atoms with Gasteiger partial charge in [-0.3, -0.25) is 9.69 Å². The van der Waals surface area contributed by atoms with Gasteiger partial charge >= 0.3 is 6.09 Å². The third kappa shape index (κ3) is 7.12. The zero-order chi connectivity index (χ0) is 26.4. The Bertz CT molecular complexity index is 1100. The van der Waals surface area contributed by atoms with E-state index in [2.05, 4.69) is 22.9 Å². The normalized spacial score (nSPS) is 18.6. The first-order valence-electron chi connectivity index (χ1n) is 10.9. The molecule has 5 N–H and O–H groups in total. The van der Waals surface area contributed by atoms with Crippen LogP contribution < -0.4 is 21.3 Å². The molecule has 1 unspecified atom stereocenters. The number of cyclic esters (lactones) is 1. The van der Waals surface area contributed by atoms with Crippen molar-refractivity contribution in [1.29, 1.82) is 0 Å². The fourth-order valence-corrected chi connectivity index (χ4v) is 3.66. The van der Waals surface area contributed by atoms with E-state index in [0.717, 1.165) is 17.0 Å². The molecule has 0 spiro atoms. The number of ether oxygens (including phenoxy) is 1. The van der Waals surface area contributed by atoms with Gasteiger partial charge in [-0.2, -0.15) is 0 Å². The van der Waals surface area contributed by atoms with Crippen LogP contribution in [0.3, 0.4) is 0 Å². The van der Waals surface area contributed by atoms with E-state index >= 15 is 0 Å². The number of hydrogen-bond donors (Lipinski definition) is 4. The predicted molar refractivity (Wildman–Crippen MR) is 129 cm³/mol. The molecule has 13 heteroatoms. The Balaban J connectivity index is 1.73. The minimum Gasteiger partial charge on any atom is -0.442 e. The van der Waals surface area contributed by atoms with Gasteiger partial charge in [-0.25, -0.2) is 22.4 Å². The molecule has 1 amide bonds. The number of nitrogens with zero attached hydrogens (tertiary/aromatic N) is 1. The molecule has 1 saturated heterocycles. The molecule has 2 aliphatic rings. The first kappa shape index (κ1) is 27.3. The lowest BCUT2D eigenvalue weighted by molar-refractivity contribution is -0.105. The molecule has 1 heterocycles. The minimum atomic E-state index is -2.86. The van der Waals surface area contributed by atoms with Crippen molar-refractivity contribution in [1.82, 2.24) is 5.32 Å². The van der Waals surface area contributed by atoms with Crippen molar-refractivity contribution in [2.24, 2.45) is 5.73 Å². The number of alkyl halides is 2. The number of allylic oxidation sites excluding steroid dienone is 5. The van der Waals surface area contributed by atoms with Gasteiger partial charge in [-0.05, 0) is 30.1 Å². The van der Waals surface area contributed by atoms with Crippen LogP contribution in [0.25, 0.3) is 0 Å². The molecule has 1 aromatic rings. The number of benzene rings is 1. The highest BCUT2D eigenvalue weighted by molar-refractivity contribution is 7.80. The highest BCUT2D eigenvalue weighted by Crippen LogP contribution is 2.31. The van der Waals surface area contributed by atoms with Crippen LogP contribution in [0.4, 0.5) is 33.7 Å². The van der Waals surface area contributed by atoms with Crippen LogP contribution in [0.2, 0.25) is 0 Å².